The van der Waals surface area contributed by atoms with E-state index in [1.54, 1.807) is 0 Å². The van der Waals surface area contributed by atoms with E-state index in [0.29, 0.717) is 0 Å². The summed E-state index contributed by atoms with van der Waals surface area (Å²) in [7, 11) is 0. The van der Waals surface area contributed by atoms with Crippen molar-refractivity contribution in [3.63, 3.8) is 0 Å². The molecule has 23 heavy (non-hydrogen) atoms. The Morgan fingerprint density at radius 3 is 2.52 bits per heavy atom. The van der Waals surface area contributed by atoms with Crippen LogP contribution in [0.4, 0.5) is 5.69 Å². The number of rotatable bonds is 3. The molecule has 0 saturated carbocycles. The van der Waals surface area contributed by atoms with E-state index in [-0.39, 0.29) is 0 Å². The summed E-state index contributed by atoms with van der Waals surface area (Å²) in [5.41, 5.74) is 3.86. The Morgan fingerprint density at radius 1 is 0.957 bits per heavy atom. The first kappa shape index (κ1) is 15.0. The van der Waals surface area contributed by atoms with Gasteiger partial charge in [0.15, 0.2) is 0 Å². The van der Waals surface area contributed by atoms with Gasteiger partial charge in [0.1, 0.15) is 0 Å². The minimum Gasteiger partial charge on any atom is -0.369 e. The van der Waals surface area contributed by atoms with Gasteiger partial charge >= 0.3 is 0 Å². The molecule has 0 radical (unpaired) electrons. The van der Waals surface area contributed by atoms with Crippen LogP contribution in [0.15, 0.2) is 54.9 Å². The average Bonchev–Trinajstić information content (AvgIpc) is 3.00. The number of nitrogens with zero attached hydrogens (tertiary/aromatic N) is 4. The monoisotopic (exact) mass is 422 g/mol. The second-order valence-corrected chi connectivity index (χ2v) is 7.19. The molecule has 2 aromatic heterocycles. The Hall–Kier alpha value is -1.60. The van der Waals surface area contributed by atoms with Crippen molar-refractivity contribution in [1.29, 1.82) is 0 Å². The lowest BCUT2D eigenvalue weighted by molar-refractivity contribution is 0.250. The van der Waals surface area contributed by atoms with Gasteiger partial charge in [0.25, 0.3) is 0 Å². The summed E-state index contributed by atoms with van der Waals surface area (Å²) >= 11 is 2.35. The Bertz CT molecular complexity index is 788. The summed E-state index contributed by atoms with van der Waals surface area (Å²) in [5.74, 6) is 0. The summed E-state index contributed by atoms with van der Waals surface area (Å²) < 4.78 is 3.25. The van der Waals surface area contributed by atoms with E-state index >= 15 is 0 Å². The first-order chi connectivity index (χ1) is 11.3. The molecule has 1 aromatic carbocycles. The fourth-order valence-electron chi connectivity index (χ4n) is 3.17. The maximum absolute atomic E-state index is 4.43. The quantitative estimate of drug-likeness (QED) is 0.606. The highest BCUT2D eigenvalue weighted by Gasteiger charge is 2.18. The minimum atomic E-state index is 0.980. The van der Waals surface area contributed by atoms with Gasteiger partial charge in [0.2, 0.25) is 0 Å². The molecule has 1 aliphatic rings. The number of anilines is 1. The molecule has 4 rings (SSSR count). The van der Waals surface area contributed by atoms with E-state index in [1.165, 1.54) is 20.3 Å². The van der Waals surface area contributed by atoms with Crippen molar-refractivity contribution >= 4 is 33.8 Å². The number of hydrogen-bond donors (Lipinski definition) is 0. The summed E-state index contributed by atoms with van der Waals surface area (Å²) in [4.78, 5) is 5.00. The molecule has 1 aliphatic heterocycles. The van der Waals surface area contributed by atoms with E-state index in [4.69, 9.17) is 0 Å². The van der Waals surface area contributed by atoms with Gasteiger partial charge in [-0.3, -0.25) is 4.90 Å². The van der Waals surface area contributed by atoms with Crippen molar-refractivity contribution in [2.45, 2.75) is 6.54 Å². The van der Waals surface area contributed by atoms with Gasteiger partial charge in [-0.05, 0) is 59.0 Å². The summed E-state index contributed by atoms with van der Waals surface area (Å²) in [6.07, 6.45) is 4.01. The Labute approximate surface area is 149 Å². The standard InChI is InChI=1S/C18H19IN4/c19-16-4-6-17(7-5-16)22-11-9-21(10-12-22)14-15-13-20-23-8-2-1-3-18(15)23/h1-8,13H,9-12,14H2/i19+4. The van der Waals surface area contributed by atoms with Gasteiger partial charge in [0, 0.05) is 53.7 Å². The van der Waals surface area contributed by atoms with E-state index in [1.807, 2.05) is 23.0 Å². The van der Waals surface area contributed by atoms with E-state index in [0.717, 1.165) is 32.7 Å². The lowest BCUT2D eigenvalue weighted by Crippen LogP contribution is -2.45. The van der Waals surface area contributed by atoms with Gasteiger partial charge in [0.05, 0.1) is 11.7 Å². The summed E-state index contributed by atoms with van der Waals surface area (Å²) in [6.45, 7) is 5.33. The number of aromatic nitrogens is 2. The molecule has 3 heterocycles. The van der Waals surface area contributed by atoms with Gasteiger partial charge < -0.3 is 4.90 Å². The lowest BCUT2D eigenvalue weighted by atomic mass is 10.2. The Morgan fingerprint density at radius 2 is 1.74 bits per heavy atom. The van der Waals surface area contributed by atoms with Crippen LogP contribution in [-0.2, 0) is 6.54 Å². The van der Waals surface area contributed by atoms with Crippen LogP contribution in [0.25, 0.3) is 5.52 Å². The van der Waals surface area contributed by atoms with Crippen molar-refractivity contribution in [2.75, 3.05) is 31.1 Å². The zero-order valence-electron chi connectivity index (χ0n) is 12.9. The first-order valence-electron chi connectivity index (χ1n) is 7.94. The first-order valence-corrected chi connectivity index (χ1v) is 9.01. The van der Waals surface area contributed by atoms with Gasteiger partial charge in [-0.1, -0.05) is 6.07 Å². The molecule has 0 spiro atoms. The smallest absolute Gasteiger partial charge is 0.0706 e. The van der Waals surface area contributed by atoms with Crippen molar-refractivity contribution in [1.82, 2.24) is 14.5 Å². The van der Waals surface area contributed by atoms with Gasteiger partial charge in [-0.15, -0.1) is 0 Å². The van der Waals surface area contributed by atoms with Crippen LogP contribution in [0.3, 0.4) is 0 Å². The fourth-order valence-corrected chi connectivity index (χ4v) is 3.53. The molecule has 0 N–H and O–H groups in total. The Balaban J connectivity index is 1.41. The van der Waals surface area contributed by atoms with Crippen LogP contribution in [-0.4, -0.2) is 40.7 Å². The number of pyridine rings is 1. The minimum absolute atomic E-state index is 0.980. The second-order valence-electron chi connectivity index (χ2n) is 5.94. The maximum atomic E-state index is 4.43. The van der Waals surface area contributed by atoms with Gasteiger partial charge in [-0.25, -0.2) is 4.52 Å². The number of hydrogen-bond acceptors (Lipinski definition) is 3. The van der Waals surface area contributed by atoms with Crippen molar-refractivity contribution < 1.29 is 0 Å². The van der Waals surface area contributed by atoms with Gasteiger partial charge in [-0.2, -0.15) is 5.10 Å². The van der Waals surface area contributed by atoms with Crippen LogP contribution in [0.1, 0.15) is 5.56 Å². The fraction of sp³-hybridized carbons (Fsp3) is 0.278. The number of fused-ring (bicyclic) bond motifs is 1. The molecule has 0 amide bonds. The molecular formula is C18H19IN4. The average molecular weight is 422 g/mol. The summed E-state index contributed by atoms with van der Waals surface area (Å²) in [5, 5.41) is 4.43. The normalized spacial score (nSPS) is 16.1. The molecule has 1 fully saturated rings. The van der Waals surface area contributed by atoms with E-state index in [9.17, 15) is 0 Å². The Kier molecular flexibility index (Phi) is 4.22. The van der Waals surface area contributed by atoms with Crippen LogP contribution in [0.2, 0.25) is 0 Å². The largest absolute Gasteiger partial charge is 0.369 e. The third-order valence-corrected chi connectivity index (χ3v) is 5.18. The molecule has 0 unspecified atom stereocenters. The molecule has 5 heteroatoms. The van der Waals surface area contributed by atoms with Crippen LogP contribution < -0.4 is 4.90 Å². The third-order valence-electron chi connectivity index (χ3n) is 4.46. The number of piperazine rings is 1. The van der Waals surface area contributed by atoms with Crippen molar-refractivity contribution in [3.8, 4) is 0 Å². The van der Waals surface area contributed by atoms with E-state index in [2.05, 4.69) is 73.9 Å². The second kappa shape index (κ2) is 6.49. The number of halogens is 1. The zero-order chi connectivity index (χ0) is 15.6. The predicted molar refractivity (Wildman–Crippen MR) is 102 cm³/mol. The number of benzene rings is 1. The molecule has 1 saturated heterocycles. The third kappa shape index (κ3) is 3.21. The lowest BCUT2D eigenvalue weighted by Gasteiger charge is -2.36. The van der Waals surface area contributed by atoms with Crippen LogP contribution in [0, 0.1) is 3.57 Å². The molecule has 4 nitrogen and oxygen atoms in total. The molecule has 0 aliphatic carbocycles. The molecule has 0 bridgehead atoms. The molecule has 118 valence electrons. The van der Waals surface area contributed by atoms with Crippen molar-refractivity contribution in [3.05, 3.63) is 64.0 Å². The van der Waals surface area contributed by atoms with E-state index < -0.39 is 0 Å². The SMILES string of the molecule is [131I]c1ccc(N2CCN(Cc3cnn4ccccc34)CC2)cc1. The topological polar surface area (TPSA) is 23.8 Å². The highest BCUT2D eigenvalue weighted by atomic mass is 131. The maximum Gasteiger partial charge on any atom is 0.0706 e. The zero-order valence-corrected chi connectivity index (χ0v) is 15.1. The van der Waals surface area contributed by atoms with Crippen molar-refractivity contribution in [2.24, 2.45) is 0 Å². The van der Waals surface area contributed by atoms with Crippen LogP contribution >= 0.6 is 22.6 Å². The molecular weight excluding hydrogens is 403 g/mol. The predicted octanol–water partition coefficient (Wildman–Crippen LogP) is 3.26. The summed E-state index contributed by atoms with van der Waals surface area (Å²) in [6, 6.07) is 15.1. The molecule has 3 aromatic rings. The highest BCUT2D eigenvalue weighted by Crippen LogP contribution is 2.19. The van der Waals surface area contributed by atoms with Crippen LogP contribution in [0.5, 0.6) is 0 Å². The highest BCUT2D eigenvalue weighted by molar-refractivity contribution is 14.1. The molecule has 0 atom stereocenters.